The SMILES string of the molecule is CN1CCCC(O)(CC(=O)N2CCC2c2ccc(Cl)cc2)C1. The molecule has 2 saturated heterocycles. The van der Waals surface area contributed by atoms with Crippen LogP contribution in [0.25, 0.3) is 0 Å². The van der Waals surface area contributed by atoms with Crippen molar-refractivity contribution < 1.29 is 9.90 Å². The Hall–Kier alpha value is -1.10. The number of aliphatic hydroxyl groups is 1. The number of amides is 1. The second kappa shape index (κ2) is 6.19. The topological polar surface area (TPSA) is 43.8 Å². The number of hydrogen-bond acceptors (Lipinski definition) is 3. The Morgan fingerprint density at radius 2 is 2.09 bits per heavy atom. The molecule has 120 valence electrons. The first-order valence-electron chi connectivity index (χ1n) is 7.93. The van der Waals surface area contributed by atoms with Crippen molar-refractivity contribution in [3.05, 3.63) is 34.9 Å². The summed E-state index contributed by atoms with van der Waals surface area (Å²) in [5.41, 5.74) is 0.251. The summed E-state index contributed by atoms with van der Waals surface area (Å²) >= 11 is 5.92. The number of β-amino-alcohol motifs (C(OH)–C–C–N with tert-alkyl or cyclic N) is 1. The van der Waals surface area contributed by atoms with Crippen LogP contribution in [0.4, 0.5) is 0 Å². The third-order valence-corrected chi connectivity index (χ3v) is 5.07. The average Bonchev–Trinajstić information content (AvgIpc) is 2.39. The first kappa shape index (κ1) is 15.8. The number of halogens is 1. The predicted molar refractivity (Wildman–Crippen MR) is 86.8 cm³/mol. The summed E-state index contributed by atoms with van der Waals surface area (Å²) in [5.74, 6) is 0.0593. The molecule has 4 nitrogen and oxygen atoms in total. The van der Waals surface area contributed by atoms with Gasteiger partial charge in [0.05, 0.1) is 18.1 Å². The molecule has 2 unspecified atom stereocenters. The van der Waals surface area contributed by atoms with E-state index in [1.165, 1.54) is 0 Å². The van der Waals surface area contributed by atoms with Gasteiger partial charge in [-0.2, -0.15) is 0 Å². The number of likely N-dealkylation sites (tertiary alicyclic amines) is 2. The third kappa shape index (κ3) is 3.29. The Bertz CT molecular complexity index is 548. The lowest BCUT2D eigenvalue weighted by Crippen LogP contribution is -2.52. The molecule has 0 spiro atoms. The first-order chi connectivity index (χ1) is 10.5. The molecule has 5 heteroatoms. The molecule has 2 aliphatic heterocycles. The highest BCUT2D eigenvalue weighted by atomic mass is 35.5. The van der Waals surface area contributed by atoms with Crippen LogP contribution in [0.5, 0.6) is 0 Å². The molecule has 2 aliphatic rings. The minimum absolute atomic E-state index is 0.0593. The second-order valence-electron chi connectivity index (χ2n) is 6.69. The van der Waals surface area contributed by atoms with Gasteiger partial charge in [0.2, 0.25) is 5.91 Å². The van der Waals surface area contributed by atoms with E-state index in [0.717, 1.165) is 31.5 Å². The molecule has 1 amide bonds. The summed E-state index contributed by atoms with van der Waals surface area (Å²) in [6.45, 7) is 2.35. The molecule has 1 aromatic rings. The maximum Gasteiger partial charge on any atom is 0.226 e. The van der Waals surface area contributed by atoms with E-state index in [-0.39, 0.29) is 18.4 Å². The molecule has 2 atom stereocenters. The number of hydrogen-bond donors (Lipinski definition) is 1. The van der Waals surface area contributed by atoms with Gasteiger partial charge in [0, 0.05) is 18.1 Å². The molecule has 0 radical (unpaired) electrons. The number of likely N-dealkylation sites (N-methyl/N-ethyl adjacent to an activating group) is 1. The van der Waals surface area contributed by atoms with Gasteiger partial charge in [0.25, 0.3) is 0 Å². The number of carbonyl (C=O) groups is 1. The van der Waals surface area contributed by atoms with Crippen LogP contribution in [0, 0.1) is 0 Å². The Morgan fingerprint density at radius 1 is 1.36 bits per heavy atom. The lowest BCUT2D eigenvalue weighted by Gasteiger charge is -2.44. The molecule has 22 heavy (non-hydrogen) atoms. The van der Waals surface area contributed by atoms with E-state index in [9.17, 15) is 9.90 Å². The highest BCUT2D eigenvalue weighted by Crippen LogP contribution is 2.36. The first-order valence-corrected chi connectivity index (χ1v) is 8.30. The van der Waals surface area contributed by atoms with Crippen LogP contribution in [-0.4, -0.2) is 53.1 Å². The van der Waals surface area contributed by atoms with Gasteiger partial charge in [-0.1, -0.05) is 23.7 Å². The van der Waals surface area contributed by atoms with Gasteiger partial charge in [0.15, 0.2) is 0 Å². The van der Waals surface area contributed by atoms with Gasteiger partial charge in [0.1, 0.15) is 0 Å². The Balaban J connectivity index is 1.64. The molecule has 0 aromatic heterocycles. The maximum absolute atomic E-state index is 12.6. The highest BCUT2D eigenvalue weighted by Gasteiger charge is 2.39. The zero-order valence-corrected chi connectivity index (χ0v) is 13.7. The molecule has 0 bridgehead atoms. The molecule has 1 N–H and O–H groups in total. The molecule has 0 saturated carbocycles. The van der Waals surface area contributed by atoms with Crippen molar-refractivity contribution in [2.24, 2.45) is 0 Å². The summed E-state index contributed by atoms with van der Waals surface area (Å²) in [6.07, 6.45) is 2.86. The van der Waals surface area contributed by atoms with E-state index >= 15 is 0 Å². The quantitative estimate of drug-likeness (QED) is 0.929. The van der Waals surface area contributed by atoms with Crippen LogP contribution in [-0.2, 0) is 4.79 Å². The van der Waals surface area contributed by atoms with E-state index in [0.29, 0.717) is 18.0 Å². The minimum Gasteiger partial charge on any atom is -0.388 e. The lowest BCUT2D eigenvalue weighted by molar-refractivity contribution is -0.146. The smallest absolute Gasteiger partial charge is 0.226 e. The zero-order valence-electron chi connectivity index (χ0n) is 13.0. The van der Waals surface area contributed by atoms with Crippen molar-refractivity contribution >= 4 is 17.5 Å². The van der Waals surface area contributed by atoms with E-state index in [4.69, 9.17) is 11.6 Å². The monoisotopic (exact) mass is 322 g/mol. The normalized spacial score (nSPS) is 29.2. The third-order valence-electron chi connectivity index (χ3n) is 4.82. The van der Waals surface area contributed by atoms with Gasteiger partial charge in [-0.15, -0.1) is 0 Å². The fourth-order valence-corrected chi connectivity index (χ4v) is 3.71. The van der Waals surface area contributed by atoms with Crippen molar-refractivity contribution in [1.82, 2.24) is 9.80 Å². The van der Waals surface area contributed by atoms with Crippen molar-refractivity contribution in [2.45, 2.75) is 37.3 Å². The standard InChI is InChI=1S/C17H23ClN2O2/c1-19-9-2-8-17(22,12-19)11-16(21)20-10-7-15(20)13-3-5-14(18)6-4-13/h3-6,15,22H,2,7-12H2,1H3. The average molecular weight is 323 g/mol. The number of benzene rings is 1. The largest absolute Gasteiger partial charge is 0.388 e. The van der Waals surface area contributed by atoms with Gasteiger partial charge >= 0.3 is 0 Å². The van der Waals surface area contributed by atoms with Gasteiger partial charge in [-0.05, 0) is 50.6 Å². The van der Waals surface area contributed by atoms with Crippen LogP contribution in [0.1, 0.15) is 37.3 Å². The summed E-state index contributed by atoms with van der Waals surface area (Å²) in [4.78, 5) is 16.6. The molecule has 2 heterocycles. The maximum atomic E-state index is 12.6. The van der Waals surface area contributed by atoms with Crippen LogP contribution >= 0.6 is 11.6 Å². The number of piperidine rings is 1. The molecule has 2 fully saturated rings. The van der Waals surface area contributed by atoms with E-state index in [1.54, 1.807) is 0 Å². The molecular weight excluding hydrogens is 300 g/mol. The summed E-state index contributed by atoms with van der Waals surface area (Å²) in [6, 6.07) is 7.82. The summed E-state index contributed by atoms with van der Waals surface area (Å²) in [7, 11) is 1.99. The van der Waals surface area contributed by atoms with Crippen LogP contribution < -0.4 is 0 Å². The van der Waals surface area contributed by atoms with Crippen molar-refractivity contribution in [1.29, 1.82) is 0 Å². The highest BCUT2D eigenvalue weighted by molar-refractivity contribution is 6.30. The molecular formula is C17H23ClN2O2. The molecule has 1 aromatic carbocycles. The van der Waals surface area contributed by atoms with Crippen molar-refractivity contribution in [3.63, 3.8) is 0 Å². The van der Waals surface area contributed by atoms with E-state index in [2.05, 4.69) is 4.90 Å². The second-order valence-corrected chi connectivity index (χ2v) is 7.12. The zero-order chi connectivity index (χ0) is 15.7. The molecule has 3 rings (SSSR count). The van der Waals surface area contributed by atoms with Gasteiger partial charge < -0.3 is 14.9 Å². The Kier molecular flexibility index (Phi) is 4.44. The van der Waals surface area contributed by atoms with Crippen LogP contribution in [0.15, 0.2) is 24.3 Å². The van der Waals surface area contributed by atoms with Crippen LogP contribution in [0.3, 0.4) is 0 Å². The Morgan fingerprint density at radius 3 is 2.68 bits per heavy atom. The summed E-state index contributed by atoms with van der Waals surface area (Å²) < 4.78 is 0. The lowest BCUT2D eigenvalue weighted by atomic mass is 9.87. The number of carbonyl (C=O) groups excluding carboxylic acids is 1. The fourth-order valence-electron chi connectivity index (χ4n) is 3.58. The Labute approximate surface area is 136 Å². The fraction of sp³-hybridized carbons (Fsp3) is 0.588. The predicted octanol–water partition coefficient (Wildman–Crippen LogP) is 2.46. The van der Waals surface area contributed by atoms with Crippen molar-refractivity contribution in [2.75, 3.05) is 26.7 Å². The van der Waals surface area contributed by atoms with Crippen LogP contribution in [0.2, 0.25) is 5.02 Å². The van der Waals surface area contributed by atoms with Crippen molar-refractivity contribution in [3.8, 4) is 0 Å². The van der Waals surface area contributed by atoms with E-state index < -0.39 is 5.60 Å². The number of rotatable bonds is 3. The van der Waals surface area contributed by atoms with Gasteiger partial charge in [-0.3, -0.25) is 4.79 Å². The minimum atomic E-state index is -0.871. The van der Waals surface area contributed by atoms with E-state index in [1.807, 2.05) is 36.2 Å². The number of nitrogens with zero attached hydrogens (tertiary/aromatic N) is 2. The van der Waals surface area contributed by atoms with Gasteiger partial charge in [-0.25, -0.2) is 0 Å². The summed E-state index contributed by atoms with van der Waals surface area (Å²) in [5, 5.41) is 11.4. The molecule has 0 aliphatic carbocycles.